The summed E-state index contributed by atoms with van der Waals surface area (Å²) in [5.41, 5.74) is 6.46. The molecule has 2 N–H and O–H groups in total. The molecule has 2 nitrogen and oxygen atoms in total. The molecule has 1 fully saturated rings. The molecular formula is C15H32N2. The van der Waals surface area contributed by atoms with Crippen LogP contribution in [-0.4, -0.2) is 30.1 Å². The zero-order valence-corrected chi connectivity index (χ0v) is 12.3. The van der Waals surface area contributed by atoms with Gasteiger partial charge >= 0.3 is 0 Å². The van der Waals surface area contributed by atoms with Gasteiger partial charge in [-0.05, 0) is 37.6 Å². The molecule has 1 saturated carbocycles. The van der Waals surface area contributed by atoms with Gasteiger partial charge in [0.05, 0.1) is 0 Å². The van der Waals surface area contributed by atoms with Crippen LogP contribution in [0.5, 0.6) is 0 Å². The maximum atomic E-state index is 6.16. The van der Waals surface area contributed by atoms with E-state index in [1.807, 2.05) is 0 Å². The maximum absolute atomic E-state index is 6.16. The number of likely N-dealkylation sites (N-methyl/N-ethyl adjacent to an activating group) is 1. The van der Waals surface area contributed by atoms with Crippen LogP contribution in [0, 0.1) is 11.8 Å². The Labute approximate surface area is 108 Å². The van der Waals surface area contributed by atoms with Crippen molar-refractivity contribution in [2.45, 2.75) is 65.3 Å². The van der Waals surface area contributed by atoms with E-state index in [2.05, 4.69) is 32.6 Å². The third-order valence-corrected chi connectivity index (χ3v) is 4.46. The van der Waals surface area contributed by atoms with E-state index in [4.69, 9.17) is 5.73 Å². The van der Waals surface area contributed by atoms with Crippen LogP contribution in [0.25, 0.3) is 0 Å². The van der Waals surface area contributed by atoms with Crippen molar-refractivity contribution in [2.24, 2.45) is 17.6 Å². The fourth-order valence-corrected chi connectivity index (χ4v) is 3.31. The standard InChI is InChI=1S/C15H32N2/c1-5-17(11-13(2)3)15(12-16)9-6-7-14(4)8-10-15/h13-14H,5-12,16H2,1-4H3. The Morgan fingerprint density at radius 3 is 2.53 bits per heavy atom. The smallest absolute Gasteiger partial charge is 0.0331 e. The van der Waals surface area contributed by atoms with Crippen molar-refractivity contribution >= 4 is 0 Å². The van der Waals surface area contributed by atoms with E-state index in [0.29, 0.717) is 5.54 Å². The van der Waals surface area contributed by atoms with Gasteiger partial charge in [0, 0.05) is 18.6 Å². The highest BCUT2D eigenvalue weighted by molar-refractivity contribution is 4.93. The number of nitrogens with zero attached hydrogens (tertiary/aromatic N) is 1. The Morgan fingerprint density at radius 1 is 1.29 bits per heavy atom. The van der Waals surface area contributed by atoms with E-state index in [1.165, 1.54) is 38.6 Å². The number of nitrogens with two attached hydrogens (primary N) is 1. The van der Waals surface area contributed by atoms with Crippen molar-refractivity contribution in [2.75, 3.05) is 19.6 Å². The van der Waals surface area contributed by atoms with Crippen LogP contribution < -0.4 is 5.73 Å². The van der Waals surface area contributed by atoms with Gasteiger partial charge in [-0.25, -0.2) is 0 Å². The first-order chi connectivity index (χ1) is 8.04. The SMILES string of the molecule is CCN(CC(C)C)C1(CN)CCCC(C)CC1. The van der Waals surface area contributed by atoms with Crippen molar-refractivity contribution in [3.63, 3.8) is 0 Å². The van der Waals surface area contributed by atoms with Crippen molar-refractivity contribution < 1.29 is 0 Å². The van der Waals surface area contributed by atoms with Gasteiger partial charge in [0.25, 0.3) is 0 Å². The van der Waals surface area contributed by atoms with Crippen LogP contribution >= 0.6 is 0 Å². The van der Waals surface area contributed by atoms with Crippen molar-refractivity contribution in [1.82, 2.24) is 4.90 Å². The Balaban J connectivity index is 2.76. The molecule has 0 aliphatic heterocycles. The highest BCUT2D eigenvalue weighted by Crippen LogP contribution is 2.34. The van der Waals surface area contributed by atoms with E-state index in [1.54, 1.807) is 0 Å². The molecule has 2 heteroatoms. The Morgan fingerprint density at radius 2 is 2.00 bits per heavy atom. The topological polar surface area (TPSA) is 29.3 Å². The van der Waals surface area contributed by atoms with Gasteiger partial charge in [-0.3, -0.25) is 4.90 Å². The van der Waals surface area contributed by atoms with Crippen molar-refractivity contribution in [1.29, 1.82) is 0 Å². The minimum Gasteiger partial charge on any atom is -0.329 e. The van der Waals surface area contributed by atoms with Gasteiger partial charge in [-0.15, -0.1) is 0 Å². The summed E-state index contributed by atoms with van der Waals surface area (Å²) in [5, 5.41) is 0. The van der Waals surface area contributed by atoms with E-state index in [9.17, 15) is 0 Å². The lowest BCUT2D eigenvalue weighted by molar-refractivity contribution is 0.0706. The predicted molar refractivity (Wildman–Crippen MR) is 76.1 cm³/mol. The molecule has 0 radical (unpaired) electrons. The molecule has 17 heavy (non-hydrogen) atoms. The summed E-state index contributed by atoms with van der Waals surface area (Å²) in [6.07, 6.45) is 6.69. The first kappa shape index (κ1) is 15.0. The second-order valence-corrected chi connectivity index (χ2v) is 6.40. The monoisotopic (exact) mass is 240 g/mol. The third kappa shape index (κ3) is 3.96. The second-order valence-electron chi connectivity index (χ2n) is 6.40. The highest BCUT2D eigenvalue weighted by atomic mass is 15.2. The lowest BCUT2D eigenvalue weighted by Gasteiger charge is -2.44. The average Bonchev–Trinajstić information content (AvgIpc) is 2.49. The van der Waals surface area contributed by atoms with Gasteiger partial charge in [-0.1, -0.05) is 40.5 Å². The van der Waals surface area contributed by atoms with Gasteiger partial charge < -0.3 is 5.73 Å². The zero-order valence-electron chi connectivity index (χ0n) is 12.3. The lowest BCUT2D eigenvalue weighted by Crippen LogP contribution is -2.54. The van der Waals surface area contributed by atoms with Gasteiger partial charge in [0.1, 0.15) is 0 Å². The molecule has 1 aliphatic rings. The Kier molecular flexibility index (Phi) is 5.94. The van der Waals surface area contributed by atoms with Crippen LogP contribution in [0.3, 0.4) is 0 Å². The molecule has 0 spiro atoms. The van der Waals surface area contributed by atoms with E-state index < -0.39 is 0 Å². The largest absolute Gasteiger partial charge is 0.329 e. The lowest BCUT2D eigenvalue weighted by atomic mass is 9.87. The fourth-order valence-electron chi connectivity index (χ4n) is 3.31. The molecule has 2 unspecified atom stereocenters. The first-order valence-corrected chi connectivity index (χ1v) is 7.49. The predicted octanol–water partition coefficient (Wildman–Crippen LogP) is 3.26. The van der Waals surface area contributed by atoms with Crippen LogP contribution in [0.4, 0.5) is 0 Å². The second kappa shape index (κ2) is 6.75. The molecule has 2 atom stereocenters. The molecule has 0 aromatic carbocycles. The van der Waals surface area contributed by atoms with Gasteiger partial charge in [0.15, 0.2) is 0 Å². The van der Waals surface area contributed by atoms with E-state index >= 15 is 0 Å². The fraction of sp³-hybridized carbons (Fsp3) is 1.00. The van der Waals surface area contributed by atoms with Crippen molar-refractivity contribution in [3.05, 3.63) is 0 Å². The summed E-state index contributed by atoms with van der Waals surface area (Å²) in [5.74, 6) is 1.63. The molecule has 0 saturated heterocycles. The normalized spacial score (nSPS) is 30.9. The van der Waals surface area contributed by atoms with Crippen LogP contribution in [-0.2, 0) is 0 Å². The van der Waals surface area contributed by atoms with Crippen LogP contribution in [0.15, 0.2) is 0 Å². The molecule has 0 bridgehead atoms. The maximum Gasteiger partial charge on any atom is 0.0331 e. The molecule has 0 amide bonds. The number of hydrogen-bond donors (Lipinski definition) is 1. The summed E-state index contributed by atoms with van der Waals surface area (Å²) < 4.78 is 0. The summed E-state index contributed by atoms with van der Waals surface area (Å²) in [6.45, 7) is 12.5. The Hall–Kier alpha value is -0.0800. The highest BCUT2D eigenvalue weighted by Gasteiger charge is 2.36. The van der Waals surface area contributed by atoms with Crippen molar-refractivity contribution in [3.8, 4) is 0 Å². The molecule has 0 aromatic rings. The quantitative estimate of drug-likeness (QED) is 0.747. The zero-order chi connectivity index (χ0) is 12.9. The summed E-state index contributed by atoms with van der Waals surface area (Å²) in [4.78, 5) is 2.66. The third-order valence-electron chi connectivity index (χ3n) is 4.46. The number of hydrogen-bond acceptors (Lipinski definition) is 2. The molecule has 1 aliphatic carbocycles. The summed E-state index contributed by atoms with van der Waals surface area (Å²) in [7, 11) is 0. The average molecular weight is 240 g/mol. The summed E-state index contributed by atoms with van der Waals surface area (Å²) in [6, 6.07) is 0. The molecule has 0 aromatic heterocycles. The van der Waals surface area contributed by atoms with E-state index in [0.717, 1.165) is 24.9 Å². The summed E-state index contributed by atoms with van der Waals surface area (Å²) >= 11 is 0. The number of rotatable bonds is 5. The van der Waals surface area contributed by atoms with Crippen LogP contribution in [0.1, 0.15) is 59.8 Å². The van der Waals surface area contributed by atoms with Gasteiger partial charge in [-0.2, -0.15) is 0 Å². The first-order valence-electron chi connectivity index (χ1n) is 7.49. The molecule has 0 heterocycles. The molecule has 102 valence electrons. The van der Waals surface area contributed by atoms with E-state index in [-0.39, 0.29) is 0 Å². The molecule has 1 rings (SSSR count). The minimum absolute atomic E-state index is 0.295. The Bertz CT molecular complexity index is 215. The minimum atomic E-state index is 0.295. The van der Waals surface area contributed by atoms with Gasteiger partial charge in [0.2, 0.25) is 0 Å². The van der Waals surface area contributed by atoms with Crippen LogP contribution in [0.2, 0.25) is 0 Å². The molecular weight excluding hydrogens is 208 g/mol.